The molecule has 4 nitrogen and oxygen atoms in total. The zero-order valence-corrected chi connectivity index (χ0v) is 11.4. The van der Waals surface area contributed by atoms with Crippen LogP contribution < -0.4 is 0 Å². The van der Waals surface area contributed by atoms with E-state index in [9.17, 15) is 8.42 Å². The second-order valence-electron chi connectivity index (χ2n) is 5.95. The molecule has 2 heterocycles. The number of rotatable bonds is 2. The van der Waals surface area contributed by atoms with Crippen molar-refractivity contribution in [3.8, 4) is 0 Å². The smallest absolute Gasteiger partial charge is 0.217 e. The van der Waals surface area contributed by atoms with E-state index in [1.807, 2.05) is 4.31 Å². The largest absolute Gasteiger partial charge is 0.306 e. The van der Waals surface area contributed by atoms with Crippen LogP contribution in [0.5, 0.6) is 0 Å². The van der Waals surface area contributed by atoms with Gasteiger partial charge in [0.05, 0.1) is 5.25 Å². The number of sulfonamides is 1. The fourth-order valence-corrected chi connectivity index (χ4v) is 5.68. The van der Waals surface area contributed by atoms with Gasteiger partial charge in [-0.15, -0.1) is 0 Å². The Bertz CT molecular complexity index is 395. The van der Waals surface area contributed by atoms with Crippen molar-refractivity contribution in [2.45, 2.75) is 49.3 Å². The van der Waals surface area contributed by atoms with E-state index in [-0.39, 0.29) is 10.8 Å². The predicted octanol–water partition coefficient (Wildman–Crippen LogP) is 1.04. The highest BCUT2D eigenvalue weighted by molar-refractivity contribution is 7.90. The molecule has 2 saturated heterocycles. The van der Waals surface area contributed by atoms with Crippen molar-refractivity contribution in [1.82, 2.24) is 9.21 Å². The molecule has 2 aliphatic heterocycles. The summed E-state index contributed by atoms with van der Waals surface area (Å²) in [6.07, 6.45) is 5.94. The first-order chi connectivity index (χ1) is 8.05. The second kappa shape index (κ2) is 3.93. The molecular formula is C12H22N2O2S. The summed E-state index contributed by atoms with van der Waals surface area (Å²) in [4.78, 5) is 2.31. The Morgan fingerprint density at radius 3 is 2.29 bits per heavy atom. The molecule has 3 fully saturated rings. The molecule has 0 amide bonds. The molecule has 0 radical (unpaired) electrons. The Morgan fingerprint density at radius 1 is 1.06 bits per heavy atom. The van der Waals surface area contributed by atoms with E-state index in [1.54, 1.807) is 0 Å². The van der Waals surface area contributed by atoms with Crippen LogP contribution in [0.3, 0.4) is 0 Å². The van der Waals surface area contributed by atoms with E-state index in [1.165, 1.54) is 0 Å². The maximum atomic E-state index is 12.5. The topological polar surface area (TPSA) is 40.6 Å². The molecule has 98 valence electrons. The van der Waals surface area contributed by atoms with E-state index < -0.39 is 10.0 Å². The summed E-state index contributed by atoms with van der Waals surface area (Å²) < 4.78 is 26.8. The summed E-state index contributed by atoms with van der Waals surface area (Å²) in [7, 11) is -0.850. The number of likely N-dealkylation sites (tertiary alicyclic amines) is 1. The SMILES string of the molecule is CN1CCC2(CCCN2S(=O)(=O)C2CC2)CC1. The van der Waals surface area contributed by atoms with Crippen molar-refractivity contribution < 1.29 is 8.42 Å². The Morgan fingerprint density at radius 2 is 1.71 bits per heavy atom. The van der Waals surface area contributed by atoms with Gasteiger partial charge in [-0.05, 0) is 58.7 Å². The van der Waals surface area contributed by atoms with E-state index in [0.29, 0.717) is 0 Å². The molecule has 0 aromatic carbocycles. The third kappa shape index (κ3) is 1.92. The van der Waals surface area contributed by atoms with Crippen LogP contribution in [-0.2, 0) is 10.0 Å². The fourth-order valence-electron chi connectivity index (χ4n) is 3.39. The Balaban J connectivity index is 1.84. The van der Waals surface area contributed by atoms with E-state index in [4.69, 9.17) is 0 Å². The quantitative estimate of drug-likeness (QED) is 0.743. The lowest BCUT2D eigenvalue weighted by molar-refractivity contribution is 0.118. The zero-order chi connectivity index (χ0) is 12.1. The lowest BCUT2D eigenvalue weighted by Gasteiger charge is -2.43. The van der Waals surface area contributed by atoms with Gasteiger partial charge in [-0.1, -0.05) is 0 Å². The number of hydrogen-bond acceptors (Lipinski definition) is 3. The lowest BCUT2D eigenvalue weighted by atomic mass is 9.86. The first-order valence-electron chi connectivity index (χ1n) is 6.75. The molecule has 1 spiro atoms. The predicted molar refractivity (Wildman–Crippen MR) is 67.3 cm³/mol. The van der Waals surface area contributed by atoms with Gasteiger partial charge in [0.15, 0.2) is 0 Å². The molecule has 0 aromatic rings. The molecule has 0 bridgehead atoms. The van der Waals surface area contributed by atoms with Gasteiger partial charge in [0.25, 0.3) is 0 Å². The minimum absolute atomic E-state index is 0.0199. The van der Waals surface area contributed by atoms with Crippen molar-refractivity contribution in [3.05, 3.63) is 0 Å². The van der Waals surface area contributed by atoms with E-state index in [0.717, 1.165) is 58.2 Å². The van der Waals surface area contributed by atoms with Gasteiger partial charge in [-0.2, -0.15) is 4.31 Å². The highest BCUT2D eigenvalue weighted by Crippen LogP contribution is 2.44. The zero-order valence-electron chi connectivity index (χ0n) is 10.6. The highest BCUT2D eigenvalue weighted by atomic mass is 32.2. The summed E-state index contributed by atoms with van der Waals surface area (Å²) in [6.45, 7) is 2.84. The van der Waals surface area contributed by atoms with Crippen LogP contribution in [0.1, 0.15) is 38.5 Å². The minimum Gasteiger partial charge on any atom is -0.306 e. The van der Waals surface area contributed by atoms with Gasteiger partial charge in [0, 0.05) is 12.1 Å². The van der Waals surface area contributed by atoms with Gasteiger partial charge >= 0.3 is 0 Å². The van der Waals surface area contributed by atoms with Gasteiger partial charge in [-0.3, -0.25) is 0 Å². The summed E-state index contributed by atoms with van der Waals surface area (Å²) in [5, 5.41) is -0.0443. The van der Waals surface area contributed by atoms with Crippen LogP contribution in [0.2, 0.25) is 0 Å². The molecule has 1 aliphatic carbocycles. The number of hydrogen-bond donors (Lipinski definition) is 0. The average Bonchev–Trinajstić information content (AvgIpc) is 3.07. The van der Waals surface area contributed by atoms with Gasteiger partial charge < -0.3 is 4.90 Å². The summed E-state index contributed by atoms with van der Waals surface area (Å²) >= 11 is 0. The van der Waals surface area contributed by atoms with E-state index >= 15 is 0 Å². The van der Waals surface area contributed by atoms with Gasteiger partial charge in [0.2, 0.25) is 10.0 Å². The third-order valence-corrected chi connectivity index (χ3v) is 7.20. The Labute approximate surface area is 104 Å². The second-order valence-corrected chi connectivity index (χ2v) is 8.08. The molecule has 0 atom stereocenters. The fraction of sp³-hybridized carbons (Fsp3) is 1.00. The van der Waals surface area contributed by atoms with Crippen molar-refractivity contribution in [1.29, 1.82) is 0 Å². The average molecular weight is 258 g/mol. The van der Waals surface area contributed by atoms with Crippen LogP contribution in [0.25, 0.3) is 0 Å². The van der Waals surface area contributed by atoms with Crippen molar-refractivity contribution in [3.63, 3.8) is 0 Å². The van der Waals surface area contributed by atoms with Gasteiger partial charge in [0.1, 0.15) is 0 Å². The number of nitrogens with zero attached hydrogens (tertiary/aromatic N) is 2. The molecule has 17 heavy (non-hydrogen) atoms. The van der Waals surface area contributed by atoms with Crippen LogP contribution in [0.4, 0.5) is 0 Å². The van der Waals surface area contributed by atoms with Crippen molar-refractivity contribution >= 4 is 10.0 Å². The standard InChI is InChI=1S/C12H22N2O2S/c1-13-9-6-12(7-10-13)5-2-8-14(12)17(15,16)11-3-4-11/h11H,2-10H2,1H3. The molecule has 3 rings (SSSR count). The molecule has 1 saturated carbocycles. The number of piperidine rings is 1. The Kier molecular flexibility index (Phi) is 2.76. The van der Waals surface area contributed by atoms with Crippen molar-refractivity contribution in [2.75, 3.05) is 26.7 Å². The summed E-state index contributed by atoms with van der Waals surface area (Å²) in [5.41, 5.74) is -0.0199. The minimum atomic E-state index is -2.98. The van der Waals surface area contributed by atoms with Crippen LogP contribution in [0, 0.1) is 0 Å². The Hall–Kier alpha value is -0.130. The van der Waals surface area contributed by atoms with Crippen LogP contribution in [0.15, 0.2) is 0 Å². The van der Waals surface area contributed by atoms with Crippen LogP contribution in [-0.4, -0.2) is 55.1 Å². The monoisotopic (exact) mass is 258 g/mol. The molecular weight excluding hydrogens is 236 g/mol. The van der Waals surface area contributed by atoms with E-state index in [2.05, 4.69) is 11.9 Å². The summed E-state index contributed by atoms with van der Waals surface area (Å²) in [5.74, 6) is 0. The third-order valence-electron chi connectivity index (χ3n) is 4.70. The maximum Gasteiger partial charge on any atom is 0.217 e. The maximum absolute atomic E-state index is 12.5. The first kappa shape index (κ1) is 11.9. The molecule has 0 N–H and O–H groups in total. The molecule has 5 heteroatoms. The molecule has 3 aliphatic rings. The summed E-state index contributed by atoms with van der Waals surface area (Å²) in [6, 6.07) is 0. The van der Waals surface area contributed by atoms with Crippen molar-refractivity contribution in [2.24, 2.45) is 0 Å². The van der Waals surface area contributed by atoms with Crippen LogP contribution >= 0.6 is 0 Å². The lowest BCUT2D eigenvalue weighted by Crippen LogP contribution is -2.54. The highest BCUT2D eigenvalue weighted by Gasteiger charge is 2.52. The molecule has 0 aromatic heterocycles. The molecule has 0 unspecified atom stereocenters. The van der Waals surface area contributed by atoms with Gasteiger partial charge in [-0.25, -0.2) is 8.42 Å². The first-order valence-corrected chi connectivity index (χ1v) is 8.25. The normalized spacial score (nSPS) is 31.1.